The first-order valence-electron chi connectivity index (χ1n) is 5.58. The predicted molar refractivity (Wildman–Crippen MR) is 68.1 cm³/mol. The lowest BCUT2D eigenvalue weighted by Gasteiger charge is -2.08. The second kappa shape index (κ2) is 5.64. The third kappa shape index (κ3) is 3.99. The van der Waals surface area contributed by atoms with E-state index in [2.05, 4.69) is 10.3 Å². The van der Waals surface area contributed by atoms with E-state index in [0.717, 1.165) is 17.9 Å². The summed E-state index contributed by atoms with van der Waals surface area (Å²) >= 11 is 1.43. The zero-order valence-electron chi connectivity index (χ0n) is 9.83. The number of rotatable bonds is 2. The molecule has 0 aliphatic carbocycles. The number of aliphatic imine (C=N–C) groups is 1. The van der Waals surface area contributed by atoms with Crippen molar-refractivity contribution in [3.63, 3.8) is 0 Å². The van der Waals surface area contributed by atoms with Crippen LogP contribution in [0.5, 0.6) is 0 Å². The number of hydrogen-bond donors (Lipinski definition) is 1. The lowest BCUT2D eigenvalue weighted by Crippen LogP contribution is -2.28. The molecule has 19 heavy (non-hydrogen) atoms. The first-order valence-corrected chi connectivity index (χ1v) is 6.57. The van der Waals surface area contributed by atoms with Crippen LogP contribution >= 0.6 is 11.8 Å². The summed E-state index contributed by atoms with van der Waals surface area (Å²) in [6.07, 6.45) is -4.48. The molecule has 1 aromatic rings. The maximum Gasteiger partial charge on any atom is 0.416 e. The molecule has 0 fully saturated rings. The molecule has 2 rings (SSSR count). The first-order chi connectivity index (χ1) is 8.95. The highest BCUT2D eigenvalue weighted by atomic mass is 32.2. The molecule has 1 N–H and O–H groups in total. The van der Waals surface area contributed by atoms with Crippen molar-refractivity contribution in [1.29, 1.82) is 0 Å². The van der Waals surface area contributed by atoms with Gasteiger partial charge in [0.2, 0.25) is 5.91 Å². The molecule has 0 spiro atoms. The van der Waals surface area contributed by atoms with Gasteiger partial charge in [-0.25, -0.2) is 0 Å². The van der Waals surface area contributed by atoms with Gasteiger partial charge in [0.15, 0.2) is 5.17 Å². The van der Waals surface area contributed by atoms with Crippen LogP contribution in [0, 0.1) is 0 Å². The Morgan fingerprint density at radius 1 is 1.42 bits per heavy atom. The molecule has 3 nitrogen and oxygen atoms in total. The van der Waals surface area contributed by atoms with E-state index in [4.69, 9.17) is 0 Å². The minimum absolute atomic E-state index is 0.0938. The zero-order chi connectivity index (χ0) is 13.9. The molecule has 7 heteroatoms. The first kappa shape index (κ1) is 13.9. The van der Waals surface area contributed by atoms with E-state index >= 15 is 0 Å². The van der Waals surface area contributed by atoms with Crippen LogP contribution in [0.2, 0.25) is 0 Å². The molecule has 0 unspecified atom stereocenters. The number of thioether (sulfide) groups is 1. The summed E-state index contributed by atoms with van der Waals surface area (Å²) in [6.45, 7) is 0.657. The number of amidine groups is 1. The number of carbonyl (C=O) groups is 1. The van der Waals surface area contributed by atoms with Crippen LogP contribution in [-0.4, -0.2) is 23.4 Å². The molecule has 0 atom stereocenters. The van der Waals surface area contributed by atoms with E-state index in [1.54, 1.807) is 0 Å². The summed E-state index contributed by atoms with van der Waals surface area (Å²) < 4.78 is 37.5. The van der Waals surface area contributed by atoms with Gasteiger partial charge < -0.3 is 5.32 Å². The van der Waals surface area contributed by atoms with Gasteiger partial charge in [0.1, 0.15) is 0 Å². The third-order valence-corrected chi connectivity index (χ3v) is 3.34. The molecule has 0 bridgehead atoms. The van der Waals surface area contributed by atoms with E-state index in [1.165, 1.54) is 23.9 Å². The summed E-state index contributed by atoms with van der Waals surface area (Å²) in [5, 5.41) is 3.12. The predicted octanol–water partition coefficient (Wildman–Crippen LogP) is 2.47. The Kier molecular flexibility index (Phi) is 4.14. The van der Waals surface area contributed by atoms with Crippen molar-refractivity contribution in [2.24, 2.45) is 4.99 Å². The zero-order valence-corrected chi connectivity index (χ0v) is 10.6. The lowest BCUT2D eigenvalue weighted by atomic mass is 10.1. The van der Waals surface area contributed by atoms with Crippen molar-refractivity contribution in [2.45, 2.75) is 12.6 Å². The van der Waals surface area contributed by atoms with E-state index in [0.29, 0.717) is 17.3 Å². The topological polar surface area (TPSA) is 41.5 Å². The molecule has 1 aliphatic rings. The Balaban J connectivity index is 2.00. The van der Waals surface area contributed by atoms with Gasteiger partial charge in [-0.05, 0) is 11.6 Å². The number of halogens is 3. The van der Waals surface area contributed by atoms with Gasteiger partial charge in [0.05, 0.1) is 18.5 Å². The number of carbonyl (C=O) groups excluding carboxylic acids is 1. The van der Waals surface area contributed by atoms with E-state index < -0.39 is 11.7 Å². The summed E-state index contributed by atoms with van der Waals surface area (Å²) in [7, 11) is 0. The van der Waals surface area contributed by atoms with Gasteiger partial charge in [0.25, 0.3) is 0 Å². The highest BCUT2D eigenvalue weighted by Gasteiger charge is 2.30. The van der Waals surface area contributed by atoms with Gasteiger partial charge in [0, 0.05) is 5.75 Å². The highest BCUT2D eigenvalue weighted by Crippen LogP contribution is 2.29. The summed E-state index contributed by atoms with van der Waals surface area (Å²) in [6, 6.07) is 4.77. The molecule has 0 aromatic heterocycles. The van der Waals surface area contributed by atoms with Crippen LogP contribution in [0.4, 0.5) is 13.2 Å². The summed E-state index contributed by atoms with van der Waals surface area (Å²) in [5.41, 5.74) is -0.415. The molecule has 0 saturated heterocycles. The van der Waals surface area contributed by atoms with Gasteiger partial charge >= 0.3 is 6.18 Å². The van der Waals surface area contributed by atoms with Crippen molar-refractivity contribution in [1.82, 2.24) is 5.32 Å². The molecule has 1 heterocycles. The Morgan fingerprint density at radius 2 is 2.21 bits per heavy atom. The highest BCUT2D eigenvalue weighted by molar-refractivity contribution is 8.14. The quantitative estimate of drug-likeness (QED) is 0.908. The van der Waals surface area contributed by atoms with Crippen LogP contribution in [-0.2, 0) is 17.4 Å². The Bertz CT molecular complexity index is 514. The van der Waals surface area contributed by atoms with E-state index in [-0.39, 0.29) is 12.3 Å². The fourth-order valence-electron chi connectivity index (χ4n) is 1.62. The molecular formula is C12H11F3N2OS. The number of hydrogen-bond acceptors (Lipinski definition) is 3. The Morgan fingerprint density at radius 3 is 2.84 bits per heavy atom. The Labute approximate surface area is 112 Å². The number of benzene rings is 1. The maximum absolute atomic E-state index is 12.5. The fourth-order valence-corrected chi connectivity index (χ4v) is 2.36. The van der Waals surface area contributed by atoms with Crippen molar-refractivity contribution >= 4 is 22.8 Å². The van der Waals surface area contributed by atoms with Gasteiger partial charge in [-0.1, -0.05) is 30.0 Å². The number of nitrogens with one attached hydrogen (secondary N) is 1. The standard InChI is InChI=1S/C12H11F3N2OS/c13-12(14,15)9-3-1-2-8(6-9)7-10(18)17-11-16-4-5-19-11/h1-3,6H,4-5,7H2,(H,16,17,18). The maximum atomic E-state index is 12.5. The van der Waals surface area contributed by atoms with Gasteiger partial charge in [-0.15, -0.1) is 0 Å². The fraction of sp³-hybridized carbons (Fsp3) is 0.333. The summed E-state index contributed by atoms with van der Waals surface area (Å²) in [5.74, 6) is 0.464. The number of alkyl halides is 3. The van der Waals surface area contributed by atoms with Crippen LogP contribution < -0.4 is 5.32 Å². The Hall–Kier alpha value is -1.50. The number of nitrogens with zero attached hydrogens (tertiary/aromatic N) is 1. The van der Waals surface area contributed by atoms with Crippen LogP contribution in [0.15, 0.2) is 29.3 Å². The SMILES string of the molecule is O=C(Cc1cccc(C(F)(F)F)c1)NC1=NCCS1. The normalized spacial score (nSPS) is 15.2. The largest absolute Gasteiger partial charge is 0.416 e. The van der Waals surface area contributed by atoms with Gasteiger partial charge in [-0.3, -0.25) is 9.79 Å². The molecule has 0 saturated carbocycles. The molecule has 0 radical (unpaired) electrons. The van der Waals surface area contributed by atoms with Gasteiger partial charge in [-0.2, -0.15) is 13.2 Å². The van der Waals surface area contributed by atoms with Crippen molar-refractivity contribution in [3.8, 4) is 0 Å². The van der Waals surface area contributed by atoms with Crippen LogP contribution in [0.1, 0.15) is 11.1 Å². The number of amides is 1. The molecule has 1 aliphatic heterocycles. The minimum Gasteiger partial charge on any atom is -0.305 e. The van der Waals surface area contributed by atoms with Crippen molar-refractivity contribution < 1.29 is 18.0 Å². The van der Waals surface area contributed by atoms with E-state index in [9.17, 15) is 18.0 Å². The minimum atomic E-state index is -4.39. The smallest absolute Gasteiger partial charge is 0.305 e. The van der Waals surface area contributed by atoms with Crippen LogP contribution in [0.3, 0.4) is 0 Å². The second-order valence-corrected chi connectivity index (χ2v) is 5.04. The second-order valence-electron chi connectivity index (χ2n) is 3.96. The third-order valence-electron chi connectivity index (χ3n) is 2.45. The molecule has 1 aromatic carbocycles. The average Bonchev–Trinajstić information content (AvgIpc) is 2.80. The summed E-state index contributed by atoms with van der Waals surface area (Å²) in [4.78, 5) is 15.7. The van der Waals surface area contributed by atoms with Crippen molar-refractivity contribution in [2.75, 3.05) is 12.3 Å². The van der Waals surface area contributed by atoms with Crippen molar-refractivity contribution in [3.05, 3.63) is 35.4 Å². The van der Waals surface area contributed by atoms with E-state index in [1.807, 2.05) is 0 Å². The monoisotopic (exact) mass is 288 g/mol. The lowest BCUT2D eigenvalue weighted by molar-refractivity contribution is -0.137. The molecule has 1 amide bonds. The van der Waals surface area contributed by atoms with Crippen LogP contribution in [0.25, 0.3) is 0 Å². The molecular weight excluding hydrogens is 277 g/mol. The molecule has 102 valence electrons. The average molecular weight is 288 g/mol.